The fraction of sp³-hybridized carbons (Fsp3) is 0.280. The van der Waals surface area contributed by atoms with Gasteiger partial charge in [-0.15, -0.1) is 0 Å². The second kappa shape index (κ2) is 10.6. The van der Waals surface area contributed by atoms with Gasteiger partial charge in [-0.25, -0.2) is 13.1 Å². The van der Waals surface area contributed by atoms with E-state index in [0.29, 0.717) is 18.5 Å². The van der Waals surface area contributed by atoms with E-state index in [2.05, 4.69) is 20.3 Å². The number of aromatic nitrogens is 1. The lowest BCUT2D eigenvalue weighted by atomic mass is 9.94. The maximum Gasteiger partial charge on any atom is 0.253 e. The monoisotopic (exact) mass is 464 g/mol. The van der Waals surface area contributed by atoms with E-state index < -0.39 is 10.0 Å². The third-order valence-corrected chi connectivity index (χ3v) is 7.26. The SMILES string of the molecule is O=C(N[C@H](CNc1ccc(S(=O)(=O)NC2CCC2)cc1)Cc1ccccc1)c1cccnc1. The molecule has 1 fully saturated rings. The molecule has 1 saturated carbocycles. The molecule has 1 aliphatic rings. The predicted molar refractivity (Wildman–Crippen MR) is 129 cm³/mol. The molecule has 1 amide bonds. The molecule has 7 nitrogen and oxygen atoms in total. The summed E-state index contributed by atoms with van der Waals surface area (Å²) in [6.07, 6.45) is 6.68. The molecular formula is C25H28N4O3S. The Morgan fingerprint density at radius 3 is 2.39 bits per heavy atom. The number of rotatable bonds is 10. The highest BCUT2D eigenvalue weighted by Crippen LogP contribution is 2.22. The Balaban J connectivity index is 1.40. The van der Waals surface area contributed by atoms with E-state index in [9.17, 15) is 13.2 Å². The van der Waals surface area contributed by atoms with Crippen molar-refractivity contribution >= 4 is 21.6 Å². The molecule has 1 atom stereocenters. The van der Waals surface area contributed by atoms with Crippen molar-refractivity contribution in [2.45, 2.75) is 42.7 Å². The van der Waals surface area contributed by atoms with E-state index in [-0.39, 0.29) is 22.9 Å². The third kappa shape index (κ3) is 6.40. The van der Waals surface area contributed by atoms with Crippen molar-refractivity contribution in [3.63, 3.8) is 0 Å². The van der Waals surface area contributed by atoms with Crippen LogP contribution in [0.3, 0.4) is 0 Å². The van der Waals surface area contributed by atoms with Crippen LogP contribution in [0.1, 0.15) is 35.2 Å². The zero-order chi connectivity index (χ0) is 23.1. The summed E-state index contributed by atoms with van der Waals surface area (Å²) < 4.78 is 27.7. The largest absolute Gasteiger partial charge is 0.383 e. The molecule has 1 aliphatic carbocycles. The molecule has 172 valence electrons. The smallest absolute Gasteiger partial charge is 0.253 e. The molecule has 0 saturated heterocycles. The highest BCUT2D eigenvalue weighted by atomic mass is 32.2. The highest BCUT2D eigenvalue weighted by molar-refractivity contribution is 7.89. The molecule has 1 aromatic heterocycles. The summed E-state index contributed by atoms with van der Waals surface area (Å²) >= 11 is 0. The Morgan fingerprint density at radius 2 is 1.76 bits per heavy atom. The maximum absolute atomic E-state index is 12.7. The van der Waals surface area contributed by atoms with Gasteiger partial charge in [0.2, 0.25) is 10.0 Å². The summed E-state index contributed by atoms with van der Waals surface area (Å²) in [4.78, 5) is 16.9. The van der Waals surface area contributed by atoms with Gasteiger partial charge in [-0.1, -0.05) is 36.8 Å². The number of hydrogen-bond donors (Lipinski definition) is 3. The molecule has 2 aromatic carbocycles. The van der Waals surface area contributed by atoms with Crippen LogP contribution in [0.5, 0.6) is 0 Å². The standard InChI is InChI=1S/C25H28N4O3S/c30-25(20-8-5-15-26-17-20)28-23(16-19-6-2-1-3-7-19)18-27-21-11-13-24(14-12-21)33(31,32)29-22-9-4-10-22/h1-3,5-8,11-15,17,22-23,27,29H,4,9-10,16,18H2,(H,28,30)/t23-/m0/s1. The van der Waals surface area contributed by atoms with E-state index in [1.54, 1.807) is 48.8 Å². The highest BCUT2D eigenvalue weighted by Gasteiger charge is 2.24. The Labute approximate surface area is 194 Å². The zero-order valence-electron chi connectivity index (χ0n) is 18.3. The molecule has 0 radical (unpaired) electrons. The van der Waals surface area contributed by atoms with Crippen LogP contribution in [-0.2, 0) is 16.4 Å². The van der Waals surface area contributed by atoms with Gasteiger partial charge in [0.15, 0.2) is 0 Å². The molecule has 0 unspecified atom stereocenters. The first-order chi connectivity index (χ1) is 16.0. The van der Waals surface area contributed by atoms with Crippen molar-refractivity contribution in [2.75, 3.05) is 11.9 Å². The Kier molecular flexibility index (Phi) is 7.36. The van der Waals surface area contributed by atoms with E-state index in [4.69, 9.17) is 0 Å². The van der Waals surface area contributed by atoms with Gasteiger partial charge in [0.1, 0.15) is 0 Å². The number of amides is 1. The van der Waals surface area contributed by atoms with Crippen molar-refractivity contribution in [2.24, 2.45) is 0 Å². The molecule has 0 aliphatic heterocycles. The lowest BCUT2D eigenvalue weighted by Gasteiger charge is -2.26. The molecule has 8 heteroatoms. The van der Waals surface area contributed by atoms with E-state index in [1.165, 1.54) is 0 Å². The van der Waals surface area contributed by atoms with E-state index >= 15 is 0 Å². The van der Waals surface area contributed by atoms with Crippen LogP contribution in [0.25, 0.3) is 0 Å². The third-order valence-electron chi connectivity index (χ3n) is 5.73. The summed E-state index contributed by atoms with van der Waals surface area (Å²) in [5, 5.41) is 6.39. The fourth-order valence-electron chi connectivity index (χ4n) is 3.65. The second-order valence-corrected chi connectivity index (χ2v) is 9.97. The molecule has 0 spiro atoms. The van der Waals surface area contributed by atoms with Crippen molar-refractivity contribution in [1.82, 2.24) is 15.0 Å². The number of sulfonamides is 1. The van der Waals surface area contributed by atoms with Crippen LogP contribution in [0, 0.1) is 0 Å². The number of hydrogen-bond acceptors (Lipinski definition) is 5. The van der Waals surface area contributed by atoms with Gasteiger partial charge in [-0.05, 0) is 61.2 Å². The molecule has 1 heterocycles. The average molecular weight is 465 g/mol. The van der Waals surface area contributed by atoms with Gasteiger partial charge in [-0.3, -0.25) is 9.78 Å². The van der Waals surface area contributed by atoms with Crippen LogP contribution >= 0.6 is 0 Å². The minimum absolute atomic E-state index is 0.0509. The minimum Gasteiger partial charge on any atom is -0.383 e. The van der Waals surface area contributed by atoms with Crippen LogP contribution in [0.2, 0.25) is 0 Å². The summed E-state index contributed by atoms with van der Waals surface area (Å²) in [7, 11) is -3.50. The quantitative estimate of drug-likeness (QED) is 0.427. The van der Waals surface area contributed by atoms with Crippen molar-refractivity contribution in [1.29, 1.82) is 0 Å². The Hall–Kier alpha value is -3.23. The first-order valence-electron chi connectivity index (χ1n) is 11.1. The lowest BCUT2D eigenvalue weighted by Crippen LogP contribution is -2.41. The molecule has 3 aromatic rings. The molecular weight excluding hydrogens is 436 g/mol. The first kappa shape index (κ1) is 22.9. The molecule has 4 rings (SSSR count). The number of anilines is 1. The predicted octanol–water partition coefficient (Wildman–Crippen LogP) is 3.37. The number of benzene rings is 2. The number of nitrogens with zero attached hydrogens (tertiary/aromatic N) is 1. The average Bonchev–Trinajstić information content (AvgIpc) is 2.81. The van der Waals surface area contributed by atoms with Crippen LogP contribution < -0.4 is 15.4 Å². The first-order valence-corrected chi connectivity index (χ1v) is 12.6. The minimum atomic E-state index is -3.50. The maximum atomic E-state index is 12.7. The Morgan fingerprint density at radius 1 is 1.00 bits per heavy atom. The van der Waals surface area contributed by atoms with Crippen molar-refractivity contribution in [3.05, 3.63) is 90.3 Å². The normalized spacial score (nSPS) is 14.8. The van der Waals surface area contributed by atoms with E-state index in [1.807, 2.05) is 30.3 Å². The summed E-state index contributed by atoms with van der Waals surface area (Å²) in [6.45, 7) is 0.479. The van der Waals surface area contributed by atoms with Gasteiger partial charge >= 0.3 is 0 Å². The summed E-state index contributed by atoms with van der Waals surface area (Å²) in [6, 6.07) is 20.0. The van der Waals surface area contributed by atoms with Crippen LogP contribution in [0.4, 0.5) is 5.69 Å². The lowest BCUT2D eigenvalue weighted by molar-refractivity contribution is 0.0938. The van der Waals surface area contributed by atoms with Gasteiger partial charge < -0.3 is 10.6 Å². The summed E-state index contributed by atoms with van der Waals surface area (Å²) in [5.41, 5.74) is 2.40. The fourth-order valence-corrected chi connectivity index (χ4v) is 4.95. The van der Waals surface area contributed by atoms with Gasteiger partial charge in [-0.2, -0.15) is 0 Å². The van der Waals surface area contributed by atoms with Crippen LogP contribution in [0.15, 0.2) is 84.0 Å². The number of carbonyl (C=O) groups is 1. The van der Waals surface area contributed by atoms with Crippen LogP contribution in [-0.4, -0.2) is 37.9 Å². The molecule has 33 heavy (non-hydrogen) atoms. The molecule has 0 bridgehead atoms. The number of carbonyl (C=O) groups excluding carboxylic acids is 1. The molecule has 3 N–H and O–H groups in total. The topological polar surface area (TPSA) is 100 Å². The zero-order valence-corrected chi connectivity index (χ0v) is 19.1. The van der Waals surface area contributed by atoms with Crippen molar-refractivity contribution < 1.29 is 13.2 Å². The van der Waals surface area contributed by atoms with Gasteiger partial charge in [0, 0.05) is 30.7 Å². The number of nitrogens with one attached hydrogen (secondary N) is 3. The second-order valence-electron chi connectivity index (χ2n) is 8.26. The summed E-state index contributed by atoms with van der Waals surface area (Å²) in [5.74, 6) is -0.186. The Bertz CT molecular complexity index is 1150. The van der Waals surface area contributed by atoms with E-state index in [0.717, 1.165) is 30.5 Å². The van der Waals surface area contributed by atoms with Gasteiger partial charge in [0.25, 0.3) is 5.91 Å². The number of pyridine rings is 1. The van der Waals surface area contributed by atoms with Crippen molar-refractivity contribution in [3.8, 4) is 0 Å². The van der Waals surface area contributed by atoms with Gasteiger partial charge in [0.05, 0.1) is 16.5 Å².